The summed E-state index contributed by atoms with van der Waals surface area (Å²) in [5.74, 6) is 1.11. The third kappa shape index (κ3) is 6.13. The highest BCUT2D eigenvalue weighted by atomic mass is 35.5. The molecular weight excluding hydrogens is 338 g/mol. The highest BCUT2D eigenvalue weighted by Crippen LogP contribution is 2.14. The van der Waals surface area contributed by atoms with E-state index in [9.17, 15) is 4.79 Å². The van der Waals surface area contributed by atoms with Crippen LogP contribution in [0, 0.1) is 5.92 Å². The Morgan fingerprint density at radius 2 is 1.96 bits per heavy atom. The number of halogens is 1. The van der Waals surface area contributed by atoms with Crippen LogP contribution in [0.15, 0.2) is 18.3 Å². The summed E-state index contributed by atoms with van der Waals surface area (Å²) < 4.78 is 0. The number of amides is 1. The molecule has 0 spiro atoms. The first kappa shape index (κ1) is 21.7. The molecule has 6 nitrogen and oxygen atoms in total. The summed E-state index contributed by atoms with van der Waals surface area (Å²) in [6.07, 6.45) is 2.74. The molecule has 2 atom stereocenters. The van der Waals surface area contributed by atoms with Crippen molar-refractivity contribution < 1.29 is 4.79 Å². The van der Waals surface area contributed by atoms with Gasteiger partial charge in [-0.1, -0.05) is 33.3 Å². The van der Waals surface area contributed by atoms with Crippen LogP contribution in [-0.4, -0.2) is 54.6 Å². The molecule has 2 rings (SSSR count). The van der Waals surface area contributed by atoms with Gasteiger partial charge in [0.2, 0.25) is 5.91 Å². The van der Waals surface area contributed by atoms with E-state index in [1.54, 1.807) is 0 Å². The van der Waals surface area contributed by atoms with Crippen molar-refractivity contribution in [2.75, 3.05) is 37.6 Å². The van der Waals surface area contributed by atoms with Crippen molar-refractivity contribution in [1.82, 2.24) is 15.2 Å². The largest absolute Gasteiger partial charge is 0.354 e. The number of nitrogens with one attached hydrogen (secondary N) is 1. The maximum absolute atomic E-state index is 12.0. The van der Waals surface area contributed by atoms with Crippen LogP contribution in [0.1, 0.15) is 32.8 Å². The molecule has 1 saturated heterocycles. The van der Waals surface area contributed by atoms with Crippen LogP contribution in [0.3, 0.4) is 0 Å². The average molecular weight is 370 g/mol. The maximum Gasteiger partial charge on any atom is 0.237 e. The van der Waals surface area contributed by atoms with Crippen molar-refractivity contribution in [1.29, 1.82) is 0 Å². The second-order valence-electron chi connectivity index (χ2n) is 6.58. The van der Waals surface area contributed by atoms with Crippen LogP contribution < -0.4 is 16.0 Å². The van der Waals surface area contributed by atoms with Gasteiger partial charge in [-0.05, 0) is 24.1 Å². The fourth-order valence-electron chi connectivity index (χ4n) is 2.82. The summed E-state index contributed by atoms with van der Waals surface area (Å²) in [6.45, 7) is 12.0. The average Bonchev–Trinajstić information content (AvgIpc) is 2.65. The molecule has 0 bridgehead atoms. The lowest BCUT2D eigenvalue weighted by molar-refractivity contribution is -0.123. The Balaban J connectivity index is 0.00000312. The van der Waals surface area contributed by atoms with Gasteiger partial charge in [-0.15, -0.1) is 12.4 Å². The molecule has 2 heterocycles. The molecule has 1 aliphatic heterocycles. The monoisotopic (exact) mass is 369 g/mol. The molecule has 25 heavy (non-hydrogen) atoms. The van der Waals surface area contributed by atoms with Crippen LogP contribution in [0.2, 0.25) is 0 Å². The van der Waals surface area contributed by atoms with Gasteiger partial charge in [-0.3, -0.25) is 4.79 Å². The zero-order valence-electron chi connectivity index (χ0n) is 15.6. The molecule has 1 fully saturated rings. The minimum absolute atomic E-state index is 0. The molecule has 0 aliphatic carbocycles. The van der Waals surface area contributed by atoms with Gasteiger partial charge in [0.05, 0.1) is 6.04 Å². The van der Waals surface area contributed by atoms with Crippen LogP contribution >= 0.6 is 12.4 Å². The Kier molecular flexibility index (Phi) is 9.17. The first-order valence-electron chi connectivity index (χ1n) is 9.00. The minimum atomic E-state index is -0.447. The molecule has 1 aromatic rings. The number of anilines is 1. The summed E-state index contributed by atoms with van der Waals surface area (Å²) in [5.41, 5.74) is 6.94. The smallest absolute Gasteiger partial charge is 0.237 e. The second-order valence-corrected chi connectivity index (χ2v) is 6.58. The van der Waals surface area contributed by atoms with Crippen LogP contribution in [0.25, 0.3) is 0 Å². The van der Waals surface area contributed by atoms with Gasteiger partial charge >= 0.3 is 0 Å². The van der Waals surface area contributed by atoms with Gasteiger partial charge in [0.1, 0.15) is 5.82 Å². The van der Waals surface area contributed by atoms with Crippen LogP contribution in [0.4, 0.5) is 5.82 Å². The fourth-order valence-corrected chi connectivity index (χ4v) is 2.82. The molecule has 1 amide bonds. The maximum atomic E-state index is 12.0. The van der Waals surface area contributed by atoms with E-state index in [0.29, 0.717) is 6.54 Å². The lowest BCUT2D eigenvalue weighted by atomic mass is 9.99. The number of carbonyl (C=O) groups is 1. The van der Waals surface area contributed by atoms with Crippen molar-refractivity contribution in [3.05, 3.63) is 23.9 Å². The first-order chi connectivity index (χ1) is 11.5. The molecule has 1 aliphatic rings. The number of piperazine rings is 1. The molecule has 142 valence electrons. The Morgan fingerprint density at radius 3 is 2.48 bits per heavy atom. The number of aromatic nitrogens is 1. The normalized spacial score (nSPS) is 17.5. The molecular formula is C18H32ClN5O. The lowest BCUT2D eigenvalue weighted by Gasteiger charge is -2.34. The standard InChI is InChI=1S/C18H31N5O.ClH/c1-4-14(3)17(19)18(24)21-13-15-6-7-16(20-12-15)23-10-8-22(5-2)9-11-23;/h6-7,12,14,17H,4-5,8-11,13,19H2,1-3H3,(H,21,24);1H. The van der Waals surface area contributed by atoms with E-state index in [1.165, 1.54) is 0 Å². The third-order valence-corrected chi connectivity index (χ3v) is 4.98. The molecule has 3 N–H and O–H groups in total. The summed E-state index contributed by atoms with van der Waals surface area (Å²) in [5, 5.41) is 2.90. The quantitative estimate of drug-likeness (QED) is 0.764. The highest BCUT2D eigenvalue weighted by Gasteiger charge is 2.19. The molecule has 1 aromatic heterocycles. The lowest BCUT2D eigenvalue weighted by Crippen LogP contribution is -2.46. The number of hydrogen-bond donors (Lipinski definition) is 2. The Morgan fingerprint density at radius 1 is 1.28 bits per heavy atom. The topological polar surface area (TPSA) is 74.5 Å². The minimum Gasteiger partial charge on any atom is -0.354 e. The summed E-state index contributed by atoms with van der Waals surface area (Å²) >= 11 is 0. The van der Waals surface area contributed by atoms with Crippen molar-refractivity contribution in [3.63, 3.8) is 0 Å². The number of nitrogens with two attached hydrogens (primary N) is 1. The first-order valence-corrected chi connectivity index (χ1v) is 9.00. The van der Waals surface area contributed by atoms with E-state index in [0.717, 1.165) is 50.5 Å². The molecule has 0 saturated carbocycles. The molecule has 7 heteroatoms. The van der Waals surface area contributed by atoms with E-state index in [1.807, 2.05) is 32.2 Å². The zero-order chi connectivity index (χ0) is 17.5. The van der Waals surface area contributed by atoms with E-state index < -0.39 is 6.04 Å². The Bertz CT molecular complexity index is 517. The van der Waals surface area contributed by atoms with Crippen molar-refractivity contribution in [2.45, 2.75) is 39.8 Å². The Labute approximate surface area is 157 Å². The zero-order valence-corrected chi connectivity index (χ0v) is 16.4. The van der Waals surface area contributed by atoms with Gasteiger partial charge in [0.15, 0.2) is 0 Å². The van der Waals surface area contributed by atoms with Gasteiger partial charge in [0.25, 0.3) is 0 Å². The number of nitrogens with zero attached hydrogens (tertiary/aromatic N) is 3. The van der Waals surface area contributed by atoms with Gasteiger partial charge < -0.3 is 20.9 Å². The molecule has 0 radical (unpaired) electrons. The van der Waals surface area contributed by atoms with Crippen molar-refractivity contribution in [3.8, 4) is 0 Å². The molecule has 0 aromatic carbocycles. The number of pyridine rings is 1. The number of carbonyl (C=O) groups excluding carboxylic acids is 1. The summed E-state index contributed by atoms with van der Waals surface area (Å²) in [6, 6.07) is 3.62. The second kappa shape index (κ2) is 10.6. The third-order valence-electron chi connectivity index (χ3n) is 4.98. The SMILES string of the molecule is CCC(C)C(N)C(=O)NCc1ccc(N2CCN(CC)CC2)nc1.Cl. The predicted molar refractivity (Wildman–Crippen MR) is 105 cm³/mol. The van der Waals surface area contributed by atoms with Gasteiger partial charge in [-0.25, -0.2) is 4.98 Å². The summed E-state index contributed by atoms with van der Waals surface area (Å²) in [7, 11) is 0. The van der Waals surface area contributed by atoms with E-state index in [4.69, 9.17) is 5.73 Å². The molecule has 2 unspecified atom stereocenters. The fraction of sp³-hybridized carbons (Fsp3) is 0.667. The van der Waals surface area contributed by atoms with E-state index >= 15 is 0 Å². The van der Waals surface area contributed by atoms with Crippen LogP contribution in [0.5, 0.6) is 0 Å². The van der Waals surface area contributed by atoms with Gasteiger partial charge in [0, 0.05) is 38.9 Å². The van der Waals surface area contributed by atoms with Gasteiger partial charge in [-0.2, -0.15) is 0 Å². The number of likely N-dealkylation sites (N-methyl/N-ethyl adjacent to an activating group) is 1. The van der Waals surface area contributed by atoms with Crippen LogP contribution in [-0.2, 0) is 11.3 Å². The number of hydrogen-bond acceptors (Lipinski definition) is 5. The van der Waals surface area contributed by atoms with Crippen molar-refractivity contribution in [2.24, 2.45) is 11.7 Å². The Hall–Kier alpha value is -1.37. The van der Waals surface area contributed by atoms with E-state index in [2.05, 4.69) is 27.0 Å². The number of rotatable bonds is 7. The highest BCUT2D eigenvalue weighted by molar-refractivity contribution is 5.85. The van der Waals surface area contributed by atoms with E-state index in [-0.39, 0.29) is 24.2 Å². The predicted octanol–water partition coefficient (Wildman–Crippen LogP) is 1.63. The summed E-state index contributed by atoms with van der Waals surface area (Å²) in [4.78, 5) is 21.3. The van der Waals surface area contributed by atoms with Crippen molar-refractivity contribution >= 4 is 24.1 Å².